The fraction of sp³-hybridized carbons (Fsp3) is 0.500. The molecular weight excluding hydrogens is 328 g/mol. The van der Waals surface area contributed by atoms with Gasteiger partial charge in [0.05, 0.1) is 11.3 Å². The van der Waals surface area contributed by atoms with Crippen LogP contribution in [-0.2, 0) is 19.8 Å². The second kappa shape index (κ2) is 6.34. The van der Waals surface area contributed by atoms with Crippen LogP contribution in [0.1, 0.15) is 11.3 Å². The van der Waals surface area contributed by atoms with Crippen LogP contribution in [0.4, 0.5) is 23.4 Å². The molecule has 0 bridgehead atoms. The van der Waals surface area contributed by atoms with Crippen molar-refractivity contribution in [1.29, 1.82) is 0 Å². The number of hydrogen-bond donors (Lipinski definition) is 0. The van der Waals surface area contributed by atoms with E-state index in [4.69, 9.17) is 0 Å². The van der Waals surface area contributed by atoms with Crippen molar-refractivity contribution in [3.8, 4) is 0 Å². The van der Waals surface area contributed by atoms with Gasteiger partial charge in [-0.15, -0.1) is 5.10 Å². The molecule has 3 heterocycles. The van der Waals surface area contributed by atoms with Gasteiger partial charge in [0.25, 0.3) is 0 Å². The Bertz CT molecular complexity index is 706. The first-order valence-corrected chi connectivity index (χ1v) is 7.38. The van der Waals surface area contributed by atoms with Crippen LogP contribution in [0, 0.1) is 5.82 Å². The van der Waals surface area contributed by atoms with E-state index in [1.807, 2.05) is 6.20 Å². The average Bonchev–Trinajstić information content (AvgIpc) is 2.92. The van der Waals surface area contributed by atoms with Crippen LogP contribution in [-0.4, -0.2) is 51.1 Å². The topological polar surface area (TPSA) is 50.1 Å². The van der Waals surface area contributed by atoms with Gasteiger partial charge in [0.15, 0.2) is 11.6 Å². The van der Waals surface area contributed by atoms with Crippen molar-refractivity contribution in [2.24, 2.45) is 7.05 Å². The van der Waals surface area contributed by atoms with E-state index in [0.29, 0.717) is 45.0 Å². The van der Waals surface area contributed by atoms with Crippen molar-refractivity contribution in [1.82, 2.24) is 24.9 Å². The summed E-state index contributed by atoms with van der Waals surface area (Å²) in [5.41, 5.74) is -0.241. The second-order valence-electron chi connectivity index (χ2n) is 5.67. The molecule has 2 aromatic heterocycles. The Kier molecular flexibility index (Phi) is 4.39. The molecule has 24 heavy (non-hydrogen) atoms. The second-order valence-corrected chi connectivity index (χ2v) is 5.67. The number of nitrogens with zero attached hydrogens (tertiary/aromatic N) is 6. The fourth-order valence-corrected chi connectivity index (χ4v) is 2.63. The third-order valence-electron chi connectivity index (χ3n) is 3.86. The third kappa shape index (κ3) is 3.64. The van der Waals surface area contributed by atoms with Gasteiger partial charge in [-0.05, 0) is 6.07 Å². The van der Waals surface area contributed by atoms with Gasteiger partial charge in [-0.2, -0.15) is 13.2 Å². The highest BCUT2D eigenvalue weighted by Gasteiger charge is 2.32. The maximum atomic E-state index is 14.0. The van der Waals surface area contributed by atoms with E-state index in [1.54, 1.807) is 16.6 Å². The van der Waals surface area contributed by atoms with Crippen LogP contribution in [0.5, 0.6) is 0 Å². The Hall–Kier alpha value is -2.23. The molecular formula is C14H16F4N6. The SMILES string of the molecule is Cn1cc(CN2CCN(c3ncc(C(F)(F)F)cc3F)CC2)nn1. The van der Waals surface area contributed by atoms with E-state index in [-0.39, 0.29) is 5.82 Å². The van der Waals surface area contributed by atoms with E-state index < -0.39 is 17.6 Å². The maximum absolute atomic E-state index is 14.0. The van der Waals surface area contributed by atoms with Gasteiger partial charge in [-0.3, -0.25) is 9.58 Å². The number of rotatable bonds is 3. The van der Waals surface area contributed by atoms with E-state index in [0.717, 1.165) is 5.69 Å². The highest BCUT2D eigenvalue weighted by molar-refractivity contribution is 5.42. The Labute approximate surface area is 135 Å². The monoisotopic (exact) mass is 344 g/mol. The van der Waals surface area contributed by atoms with Gasteiger partial charge in [0.1, 0.15) is 0 Å². The maximum Gasteiger partial charge on any atom is 0.417 e. The van der Waals surface area contributed by atoms with Crippen LogP contribution in [0.3, 0.4) is 0 Å². The van der Waals surface area contributed by atoms with Crippen molar-refractivity contribution in [3.63, 3.8) is 0 Å². The summed E-state index contributed by atoms with van der Waals surface area (Å²) in [4.78, 5) is 7.45. The molecule has 0 unspecified atom stereocenters. The number of halogens is 4. The molecule has 0 aliphatic carbocycles. The van der Waals surface area contributed by atoms with Gasteiger partial charge >= 0.3 is 6.18 Å². The summed E-state index contributed by atoms with van der Waals surface area (Å²) in [6, 6.07) is 0.494. The standard InChI is InChI=1S/C14H16F4N6/c1-22-8-11(20-21-22)9-23-2-4-24(5-3-23)13-12(15)6-10(7-19-13)14(16,17)18/h6-8H,2-5,9H2,1H3. The summed E-state index contributed by atoms with van der Waals surface area (Å²) in [7, 11) is 1.79. The predicted octanol–water partition coefficient (Wildman–Crippen LogP) is 1.69. The number of pyridine rings is 1. The van der Waals surface area contributed by atoms with Crippen molar-refractivity contribution in [2.75, 3.05) is 31.1 Å². The molecule has 1 saturated heterocycles. The smallest absolute Gasteiger partial charge is 0.352 e. The Morgan fingerprint density at radius 3 is 2.42 bits per heavy atom. The number of anilines is 1. The molecule has 0 radical (unpaired) electrons. The molecule has 0 saturated carbocycles. The predicted molar refractivity (Wildman–Crippen MR) is 77.7 cm³/mol. The molecule has 0 aromatic carbocycles. The van der Waals surface area contributed by atoms with Crippen molar-refractivity contribution in [2.45, 2.75) is 12.7 Å². The van der Waals surface area contributed by atoms with Crippen LogP contribution < -0.4 is 4.90 Å². The highest BCUT2D eigenvalue weighted by atomic mass is 19.4. The molecule has 1 aliphatic rings. The number of alkyl halides is 3. The quantitative estimate of drug-likeness (QED) is 0.793. The van der Waals surface area contributed by atoms with Gasteiger partial charge < -0.3 is 4.90 Å². The van der Waals surface area contributed by atoms with E-state index >= 15 is 0 Å². The molecule has 2 aromatic rings. The largest absolute Gasteiger partial charge is 0.417 e. The number of aromatic nitrogens is 4. The third-order valence-corrected chi connectivity index (χ3v) is 3.86. The van der Waals surface area contributed by atoms with Gasteiger partial charge in [0.2, 0.25) is 0 Å². The van der Waals surface area contributed by atoms with Crippen LogP contribution in [0.2, 0.25) is 0 Å². The minimum Gasteiger partial charge on any atom is -0.352 e. The summed E-state index contributed by atoms with van der Waals surface area (Å²) in [6.45, 7) is 2.87. The molecule has 10 heteroatoms. The summed E-state index contributed by atoms with van der Waals surface area (Å²) in [6.07, 6.45) is -2.10. The molecule has 0 amide bonds. The lowest BCUT2D eigenvalue weighted by atomic mass is 10.2. The lowest BCUT2D eigenvalue weighted by molar-refractivity contribution is -0.138. The van der Waals surface area contributed by atoms with E-state index in [9.17, 15) is 17.6 Å². The van der Waals surface area contributed by atoms with Gasteiger partial charge in [-0.1, -0.05) is 5.21 Å². The molecule has 6 nitrogen and oxygen atoms in total. The zero-order valence-electron chi connectivity index (χ0n) is 13.0. The average molecular weight is 344 g/mol. The molecule has 0 N–H and O–H groups in total. The zero-order valence-corrected chi connectivity index (χ0v) is 13.0. The summed E-state index contributed by atoms with van der Waals surface area (Å²) < 4.78 is 53.3. The van der Waals surface area contributed by atoms with E-state index in [2.05, 4.69) is 20.2 Å². The number of hydrogen-bond acceptors (Lipinski definition) is 5. The molecule has 1 aliphatic heterocycles. The first kappa shape index (κ1) is 16.6. The Balaban J connectivity index is 1.62. The molecule has 0 spiro atoms. The van der Waals surface area contributed by atoms with Crippen LogP contribution >= 0.6 is 0 Å². The fourth-order valence-electron chi connectivity index (χ4n) is 2.63. The first-order valence-electron chi connectivity index (χ1n) is 7.38. The summed E-state index contributed by atoms with van der Waals surface area (Å²) in [5.74, 6) is -0.991. The lowest BCUT2D eigenvalue weighted by Crippen LogP contribution is -2.46. The number of piperazine rings is 1. The highest BCUT2D eigenvalue weighted by Crippen LogP contribution is 2.31. The normalized spacial score (nSPS) is 16.6. The van der Waals surface area contributed by atoms with Gasteiger partial charge in [-0.25, -0.2) is 9.37 Å². The van der Waals surface area contributed by atoms with Crippen molar-refractivity contribution in [3.05, 3.63) is 35.5 Å². The molecule has 130 valence electrons. The Morgan fingerprint density at radius 1 is 1.17 bits per heavy atom. The minimum atomic E-state index is -4.60. The minimum absolute atomic E-state index is 0.0397. The molecule has 1 fully saturated rings. The summed E-state index contributed by atoms with van der Waals surface area (Å²) >= 11 is 0. The lowest BCUT2D eigenvalue weighted by Gasteiger charge is -2.35. The first-order chi connectivity index (χ1) is 11.3. The molecule has 0 atom stereocenters. The summed E-state index contributed by atoms with van der Waals surface area (Å²) in [5, 5.41) is 7.88. The van der Waals surface area contributed by atoms with Crippen LogP contribution in [0.25, 0.3) is 0 Å². The molecule has 3 rings (SSSR count). The van der Waals surface area contributed by atoms with Crippen molar-refractivity contribution < 1.29 is 17.6 Å². The van der Waals surface area contributed by atoms with Crippen LogP contribution in [0.15, 0.2) is 18.5 Å². The Morgan fingerprint density at radius 2 is 1.88 bits per heavy atom. The van der Waals surface area contributed by atoms with Crippen molar-refractivity contribution >= 4 is 5.82 Å². The van der Waals surface area contributed by atoms with Gasteiger partial charge in [0, 0.05) is 52.2 Å². The number of aryl methyl sites for hydroxylation is 1. The zero-order chi connectivity index (χ0) is 17.3. The van der Waals surface area contributed by atoms with E-state index in [1.165, 1.54) is 0 Å².